The van der Waals surface area contributed by atoms with E-state index < -0.39 is 6.04 Å². The molecule has 25 heavy (non-hydrogen) atoms. The zero-order valence-corrected chi connectivity index (χ0v) is 14.9. The zero-order valence-electron chi connectivity index (χ0n) is 14.9. The molecule has 0 heterocycles. The molecule has 0 radical (unpaired) electrons. The van der Waals surface area contributed by atoms with Crippen LogP contribution in [0.25, 0.3) is 0 Å². The smallest absolute Gasteiger partial charge is 0.242 e. The molecule has 0 saturated heterocycles. The number of nitrogens with zero attached hydrogens (tertiary/aromatic N) is 1. The molecule has 1 atom stereocenters. The van der Waals surface area contributed by atoms with Crippen LogP contribution in [0.2, 0.25) is 0 Å². The van der Waals surface area contributed by atoms with E-state index in [1.807, 2.05) is 54.6 Å². The van der Waals surface area contributed by atoms with E-state index >= 15 is 0 Å². The maximum Gasteiger partial charge on any atom is 0.242 e. The van der Waals surface area contributed by atoms with Crippen LogP contribution in [0.15, 0.2) is 54.6 Å². The van der Waals surface area contributed by atoms with E-state index in [2.05, 4.69) is 5.32 Å². The van der Waals surface area contributed by atoms with E-state index in [1.165, 1.54) is 6.92 Å². The van der Waals surface area contributed by atoms with Gasteiger partial charge in [0.25, 0.3) is 0 Å². The van der Waals surface area contributed by atoms with Gasteiger partial charge in [0.05, 0.1) is 7.11 Å². The summed E-state index contributed by atoms with van der Waals surface area (Å²) in [6.07, 6.45) is 0. The molecule has 0 unspecified atom stereocenters. The van der Waals surface area contributed by atoms with Gasteiger partial charge in [-0.3, -0.25) is 9.59 Å². The van der Waals surface area contributed by atoms with Gasteiger partial charge >= 0.3 is 0 Å². The van der Waals surface area contributed by atoms with Crippen LogP contribution >= 0.6 is 0 Å². The Hall–Kier alpha value is -2.82. The fourth-order valence-electron chi connectivity index (χ4n) is 2.52. The van der Waals surface area contributed by atoms with Crippen LogP contribution in [0.5, 0.6) is 5.75 Å². The van der Waals surface area contributed by atoms with Crippen molar-refractivity contribution in [3.8, 4) is 5.75 Å². The van der Waals surface area contributed by atoms with Crippen molar-refractivity contribution < 1.29 is 14.3 Å². The second kappa shape index (κ2) is 8.87. The highest BCUT2D eigenvalue weighted by atomic mass is 16.5. The molecule has 0 aliphatic rings. The summed E-state index contributed by atoms with van der Waals surface area (Å²) in [5.41, 5.74) is 1.96. The maximum atomic E-state index is 12.4. The average Bonchev–Trinajstić information content (AvgIpc) is 2.64. The molecule has 1 N–H and O–H groups in total. The largest absolute Gasteiger partial charge is 0.497 e. The Labute approximate surface area is 148 Å². The van der Waals surface area contributed by atoms with Gasteiger partial charge in [-0.2, -0.15) is 0 Å². The lowest BCUT2D eigenvalue weighted by Gasteiger charge is -2.27. The Morgan fingerprint density at radius 1 is 1.04 bits per heavy atom. The van der Waals surface area contributed by atoms with Gasteiger partial charge in [-0.1, -0.05) is 42.5 Å². The molecular weight excluding hydrogens is 316 g/mol. The van der Waals surface area contributed by atoms with Gasteiger partial charge in [0.2, 0.25) is 11.8 Å². The zero-order chi connectivity index (χ0) is 18.2. The third kappa shape index (κ3) is 5.35. The Bertz CT molecular complexity index is 699. The summed E-state index contributed by atoms with van der Waals surface area (Å²) in [5, 5.41) is 2.89. The number of carbonyl (C=O) groups is 2. The molecule has 5 heteroatoms. The van der Waals surface area contributed by atoms with Crippen LogP contribution in [0.4, 0.5) is 0 Å². The third-order valence-corrected chi connectivity index (χ3v) is 4.07. The summed E-state index contributed by atoms with van der Waals surface area (Å²) in [6.45, 7) is 4.04. The first-order valence-electron chi connectivity index (χ1n) is 8.23. The quantitative estimate of drug-likeness (QED) is 0.843. The van der Waals surface area contributed by atoms with E-state index in [0.717, 1.165) is 16.9 Å². The SMILES string of the molecule is COc1ccc(CN(C(C)=O)[C@@H](C)C(=O)NCc2ccccc2)cc1. The molecule has 5 nitrogen and oxygen atoms in total. The topological polar surface area (TPSA) is 58.6 Å². The molecule has 132 valence electrons. The van der Waals surface area contributed by atoms with Crippen molar-refractivity contribution in [1.82, 2.24) is 10.2 Å². The fourth-order valence-corrected chi connectivity index (χ4v) is 2.52. The summed E-state index contributed by atoms with van der Waals surface area (Å²) >= 11 is 0. The summed E-state index contributed by atoms with van der Waals surface area (Å²) in [7, 11) is 1.61. The number of amides is 2. The van der Waals surface area contributed by atoms with Crippen molar-refractivity contribution in [2.45, 2.75) is 33.0 Å². The van der Waals surface area contributed by atoms with Crippen molar-refractivity contribution in [1.29, 1.82) is 0 Å². The summed E-state index contributed by atoms with van der Waals surface area (Å²) in [6, 6.07) is 16.6. The first-order chi connectivity index (χ1) is 12.0. The third-order valence-electron chi connectivity index (χ3n) is 4.07. The summed E-state index contributed by atoms with van der Waals surface area (Å²) < 4.78 is 5.14. The molecule has 2 amide bonds. The minimum atomic E-state index is -0.552. The Kier molecular flexibility index (Phi) is 6.57. The lowest BCUT2D eigenvalue weighted by molar-refractivity contribution is -0.139. The van der Waals surface area contributed by atoms with E-state index in [0.29, 0.717) is 13.1 Å². The monoisotopic (exact) mass is 340 g/mol. The second-order valence-corrected chi connectivity index (χ2v) is 5.87. The Morgan fingerprint density at radius 3 is 2.24 bits per heavy atom. The average molecular weight is 340 g/mol. The van der Waals surface area contributed by atoms with E-state index in [4.69, 9.17) is 4.74 Å². The van der Waals surface area contributed by atoms with Gasteiger partial charge in [0, 0.05) is 20.0 Å². The predicted molar refractivity (Wildman–Crippen MR) is 97.0 cm³/mol. The van der Waals surface area contributed by atoms with Gasteiger partial charge in [-0.15, -0.1) is 0 Å². The highest BCUT2D eigenvalue weighted by molar-refractivity contribution is 5.86. The molecular formula is C20H24N2O3. The number of hydrogen-bond donors (Lipinski definition) is 1. The molecule has 0 bridgehead atoms. The number of nitrogens with one attached hydrogen (secondary N) is 1. The predicted octanol–water partition coefficient (Wildman–Crippen LogP) is 2.75. The van der Waals surface area contributed by atoms with Crippen molar-refractivity contribution in [2.75, 3.05) is 7.11 Å². The molecule has 2 rings (SSSR count). The van der Waals surface area contributed by atoms with Crippen molar-refractivity contribution >= 4 is 11.8 Å². The molecule has 0 saturated carbocycles. The first-order valence-corrected chi connectivity index (χ1v) is 8.23. The van der Waals surface area contributed by atoms with Crippen LogP contribution in [-0.2, 0) is 22.7 Å². The number of hydrogen-bond acceptors (Lipinski definition) is 3. The number of methoxy groups -OCH3 is 1. The fraction of sp³-hybridized carbons (Fsp3) is 0.300. The van der Waals surface area contributed by atoms with Crippen LogP contribution in [-0.4, -0.2) is 29.9 Å². The van der Waals surface area contributed by atoms with Crippen LogP contribution in [0.3, 0.4) is 0 Å². The number of benzene rings is 2. The number of rotatable bonds is 7. The maximum absolute atomic E-state index is 12.4. The first kappa shape index (κ1) is 18.5. The lowest BCUT2D eigenvalue weighted by Crippen LogP contribution is -2.46. The van der Waals surface area contributed by atoms with Gasteiger partial charge in [-0.05, 0) is 30.2 Å². The molecule has 0 aliphatic carbocycles. The summed E-state index contributed by atoms with van der Waals surface area (Å²) in [4.78, 5) is 26.0. The Morgan fingerprint density at radius 2 is 1.68 bits per heavy atom. The molecule has 0 fully saturated rings. The van der Waals surface area contributed by atoms with Crippen LogP contribution in [0, 0.1) is 0 Å². The standard InChI is InChI=1S/C20H24N2O3/c1-15(20(24)21-13-17-7-5-4-6-8-17)22(16(2)23)14-18-9-11-19(25-3)12-10-18/h4-12,15H,13-14H2,1-3H3,(H,21,24)/t15-/m0/s1. The molecule has 2 aromatic carbocycles. The van der Waals surface area contributed by atoms with E-state index in [1.54, 1.807) is 18.9 Å². The highest BCUT2D eigenvalue weighted by Crippen LogP contribution is 2.15. The molecule has 2 aromatic rings. The van der Waals surface area contributed by atoms with E-state index in [9.17, 15) is 9.59 Å². The second-order valence-electron chi connectivity index (χ2n) is 5.87. The molecule has 0 aliphatic heterocycles. The van der Waals surface area contributed by atoms with Gasteiger partial charge in [0.15, 0.2) is 0 Å². The lowest BCUT2D eigenvalue weighted by atomic mass is 10.1. The minimum Gasteiger partial charge on any atom is -0.497 e. The van der Waals surface area contributed by atoms with Crippen LogP contribution < -0.4 is 10.1 Å². The van der Waals surface area contributed by atoms with E-state index in [-0.39, 0.29) is 11.8 Å². The highest BCUT2D eigenvalue weighted by Gasteiger charge is 2.23. The minimum absolute atomic E-state index is 0.141. The number of ether oxygens (including phenoxy) is 1. The molecule has 0 spiro atoms. The number of carbonyl (C=O) groups excluding carboxylic acids is 2. The van der Waals surface area contributed by atoms with Crippen LogP contribution in [0.1, 0.15) is 25.0 Å². The molecule has 0 aromatic heterocycles. The Balaban J connectivity index is 1.99. The van der Waals surface area contributed by atoms with Crippen molar-refractivity contribution in [3.63, 3.8) is 0 Å². The van der Waals surface area contributed by atoms with Gasteiger partial charge in [-0.25, -0.2) is 0 Å². The van der Waals surface area contributed by atoms with Gasteiger partial charge in [0.1, 0.15) is 11.8 Å². The van der Waals surface area contributed by atoms with Crippen molar-refractivity contribution in [2.24, 2.45) is 0 Å². The van der Waals surface area contributed by atoms with Crippen molar-refractivity contribution in [3.05, 3.63) is 65.7 Å². The summed E-state index contributed by atoms with van der Waals surface area (Å²) in [5.74, 6) is 0.442. The van der Waals surface area contributed by atoms with Gasteiger partial charge < -0.3 is 15.0 Å². The normalized spacial score (nSPS) is 11.5.